The van der Waals surface area contributed by atoms with Crippen LogP contribution in [0.1, 0.15) is 17.5 Å². The van der Waals surface area contributed by atoms with Crippen LogP contribution in [0.2, 0.25) is 0 Å². The van der Waals surface area contributed by atoms with Crippen molar-refractivity contribution in [3.05, 3.63) is 51.0 Å². The van der Waals surface area contributed by atoms with Crippen molar-refractivity contribution in [1.29, 1.82) is 0 Å². The maximum atomic E-state index is 12.4. The van der Waals surface area contributed by atoms with Gasteiger partial charge in [0.15, 0.2) is 4.80 Å². The molecule has 28 heavy (non-hydrogen) atoms. The van der Waals surface area contributed by atoms with Gasteiger partial charge in [-0.05, 0) is 31.2 Å². The lowest BCUT2D eigenvalue weighted by atomic mass is 10.3. The van der Waals surface area contributed by atoms with Gasteiger partial charge in [0.1, 0.15) is 17.2 Å². The van der Waals surface area contributed by atoms with Crippen LogP contribution in [-0.4, -0.2) is 35.1 Å². The molecular weight excluding hydrogens is 390 g/mol. The Balaban J connectivity index is 2.08. The molecule has 0 unspecified atom stereocenters. The molecule has 0 fully saturated rings. The predicted molar refractivity (Wildman–Crippen MR) is 98.3 cm³/mol. The van der Waals surface area contributed by atoms with E-state index in [9.17, 15) is 19.7 Å². The molecule has 10 nitrogen and oxygen atoms in total. The number of nitro groups is 1. The Hall–Kier alpha value is -3.47. The Morgan fingerprint density at radius 3 is 2.75 bits per heavy atom. The van der Waals surface area contributed by atoms with Crippen LogP contribution in [0.25, 0.3) is 10.2 Å². The van der Waals surface area contributed by atoms with E-state index < -0.39 is 22.7 Å². The largest absolute Gasteiger partial charge is 0.497 e. The Morgan fingerprint density at radius 2 is 2.11 bits per heavy atom. The van der Waals surface area contributed by atoms with Crippen LogP contribution in [0.15, 0.2) is 39.7 Å². The molecule has 2 heterocycles. The third-order valence-corrected chi connectivity index (χ3v) is 4.70. The van der Waals surface area contributed by atoms with E-state index in [1.54, 1.807) is 25.1 Å². The molecule has 2 aromatic heterocycles. The zero-order valence-electron chi connectivity index (χ0n) is 14.9. The van der Waals surface area contributed by atoms with E-state index in [1.807, 2.05) is 0 Å². The van der Waals surface area contributed by atoms with Crippen LogP contribution in [0.5, 0.6) is 5.75 Å². The molecule has 0 bridgehead atoms. The Labute approximate surface area is 161 Å². The molecule has 3 aromatic rings. The number of methoxy groups -OCH3 is 1. The van der Waals surface area contributed by atoms with Crippen molar-refractivity contribution in [2.75, 3.05) is 13.7 Å². The van der Waals surface area contributed by atoms with Gasteiger partial charge in [0.25, 0.3) is 0 Å². The van der Waals surface area contributed by atoms with Crippen molar-refractivity contribution < 1.29 is 28.4 Å². The average molecular weight is 405 g/mol. The summed E-state index contributed by atoms with van der Waals surface area (Å²) in [6.45, 7) is 1.76. The van der Waals surface area contributed by atoms with E-state index in [0.29, 0.717) is 11.3 Å². The lowest BCUT2D eigenvalue weighted by Gasteiger charge is -2.05. The third kappa shape index (κ3) is 3.93. The molecule has 0 aliphatic rings. The maximum absolute atomic E-state index is 12.4. The number of hydrogen-bond acceptors (Lipinski definition) is 8. The lowest BCUT2D eigenvalue weighted by molar-refractivity contribution is -0.402. The van der Waals surface area contributed by atoms with Gasteiger partial charge in [-0.3, -0.25) is 19.7 Å². The third-order valence-electron chi connectivity index (χ3n) is 3.66. The fraction of sp³-hybridized carbons (Fsp3) is 0.235. The number of thiazole rings is 1. The Kier molecular flexibility index (Phi) is 5.54. The summed E-state index contributed by atoms with van der Waals surface area (Å²) in [6, 6.07) is 7.47. The van der Waals surface area contributed by atoms with Crippen molar-refractivity contribution in [1.82, 2.24) is 4.57 Å². The summed E-state index contributed by atoms with van der Waals surface area (Å²) in [5, 5.41) is 10.7. The number of ether oxygens (including phenoxy) is 2. The molecule has 0 saturated carbocycles. The molecule has 0 aliphatic heterocycles. The molecule has 0 N–H and O–H groups in total. The van der Waals surface area contributed by atoms with E-state index in [4.69, 9.17) is 13.9 Å². The Bertz CT molecular complexity index is 1130. The zero-order chi connectivity index (χ0) is 20.3. The first-order valence-electron chi connectivity index (χ1n) is 8.09. The van der Waals surface area contributed by atoms with Crippen LogP contribution in [0.3, 0.4) is 0 Å². The first-order valence-corrected chi connectivity index (χ1v) is 8.91. The van der Waals surface area contributed by atoms with E-state index in [-0.39, 0.29) is 23.7 Å². The monoisotopic (exact) mass is 405 g/mol. The van der Waals surface area contributed by atoms with Gasteiger partial charge >= 0.3 is 17.8 Å². The molecule has 0 radical (unpaired) electrons. The van der Waals surface area contributed by atoms with Crippen molar-refractivity contribution in [2.24, 2.45) is 4.99 Å². The van der Waals surface area contributed by atoms with E-state index >= 15 is 0 Å². The summed E-state index contributed by atoms with van der Waals surface area (Å²) >= 11 is 1.16. The van der Waals surface area contributed by atoms with Crippen molar-refractivity contribution >= 4 is 39.3 Å². The van der Waals surface area contributed by atoms with Gasteiger partial charge in [0.2, 0.25) is 5.76 Å². The molecule has 146 valence electrons. The summed E-state index contributed by atoms with van der Waals surface area (Å²) in [6.07, 6.45) is 0. The van der Waals surface area contributed by atoms with Crippen molar-refractivity contribution in [3.63, 3.8) is 0 Å². The molecule has 11 heteroatoms. The van der Waals surface area contributed by atoms with E-state index in [0.717, 1.165) is 22.1 Å². The SMILES string of the molecule is CCOC(=O)Cn1c(=NC(=O)c2ccc([N+](=O)[O-])o2)sc2cc(OC)ccc21. The first kappa shape index (κ1) is 19.3. The van der Waals surface area contributed by atoms with Crippen LogP contribution in [0.4, 0.5) is 5.88 Å². The van der Waals surface area contributed by atoms with Crippen molar-refractivity contribution in [2.45, 2.75) is 13.5 Å². The normalized spacial score (nSPS) is 11.6. The number of amides is 1. The number of benzene rings is 1. The maximum Gasteiger partial charge on any atom is 0.433 e. The van der Waals surface area contributed by atoms with E-state index in [1.165, 1.54) is 17.7 Å². The zero-order valence-corrected chi connectivity index (χ0v) is 15.7. The van der Waals surface area contributed by atoms with Crippen LogP contribution >= 0.6 is 11.3 Å². The molecule has 0 spiro atoms. The molecule has 3 rings (SSSR count). The fourth-order valence-electron chi connectivity index (χ4n) is 2.44. The highest BCUT2D eigenvalue weighted by Crippen LogP contribution is 2.23. The van der Waals surface area contributed by atoms with Crippen LogP contribution in [-0.2, 0) is 16.1 Å². The second-order valence-electron chi connectivity index (χ2n) is 5.42. The van der Waals surface area contributed by atoms with E-state index in [2.05, 4.69) is 4.99 Å². The summed E-state index contributed by atoms with van der Waals surface area (Å²) < 4.78 is 17.3. The summed E-state index contributed by atoms with van der Waals surface area (Å²) in [7, 11) is 1.53. The van der Waals surface area contributed by atoms with Gasteiger partial charge in [-0.1, -0.05) is 11.3 Å². The number of aromatic nitrogens is 1. The second kappa shape index (κ2) is 8.05. The number of rotatable bonds is 6. The minimum absolute atomic E-state index is 0.148. The summed E-state index contributed by atoms with van der Waals surface area (Å²) in [4.78, 5) is 38.5. The molecular formula is C17H15N3O7S. The number of furan rings is 1. The van der Waals surface area contributed by atoms with Gasteiger partial charge < -0.3 is 18.5 Å². The number of nitrogens with zero attached hydrogens (tertiary/aromatic N) is 3. The van der Waals surface area contributed by atoms with Crippen LogP contribution in [0, 0.1) is 10.1 Å². The quantitative estimate of drug-likeness (QED) is 0.350. The summed E-state index contributed by atoms with van der Waals surface area (Å²) in [5.74, 6) is -1.51. The highest BCUT2D eigenvalue weighted by atomic mass is 32.1. The number of fused-ring (bicyclic) bond motifs is 1. The number of esters is 1. The summed E-state index contributed by atoms with van der Waals surface area (Å²) in [5.41, 5.74) is 0.663. The van der Waals surface area contributed by atoms with Gasteiger partial charge in [0.05, 0.1) is 30.0 Å². The molecule has 0 atom stereocenters. The fourth-order valence-corrected chi connectivity index (χ4v) is 3.49. The molecule has 0 saturated heterocycles. The lowest BCUT2D eigenvalue weighted by Crippen LogP contribution is -2.23. The van der Waals surface area contributed by atoms with Gasteiger partial charge in [-0.2, -0.15) is 4.99 Å². The second-order valence-corrected chi connectivity index (χ2v) is 6.43. The first-order chi connectivity index (χ1) is 13.4. The number of carbonyl (C=O) groups is 2. The van der Waals surface area contributed by atoms with Crippen molar-refractivity contribution in [3.8, 4) is 5.75 Å². The minimum Gasteiger partial charge on any atom is -0.497 e. The van der Waals surface area contributed by atoms with Crippen LogP contribution < -0.4 is 9.54 Å². The number of carbonyl (C=O) groups excluding carboxylic acids is 2. The minimum atomic E-state index is -0.802. The molecule has 1 aromatic carbocycles. The van der Waals surface area contributed by atoms with Gasteiger partial charge in [0, 0.05) is 0 Å². The predicted octanol–water partition coefficient (Wildman–Crippen LogP) is 2.52. The number of hydrogen-bond donors (Lipinski definition) is 0. The average Bonchev–Trinajstić information content (AvgIpc) is 3.27. The topological polar surface area (TPSA) is 126 Å². The molecule has 0 aliphatic carbocycles. The highest BCUT2D eigenvalue weighted by molar-refractivity contribution is 7.16. The molecule has 1 amide bonds. The highest BCUT2D eigenvalue weighted by Gasteiger charge is 2.18. The smallest absolute Gasteiger partial charge is 0.433 e. The van der Waals surface area contributed by atoms with Gasteiger partial charge in [-0.15, -0.1) is 0 Å². The Morgan fingerprint density at radius 1 is 1.32 bits per heavy atom. The van der Waals surface area contributed by atoms with Gasteiger partial charge in [-0.25, -0.2) is 0 Å². The standard InChI is InChI=1S/C17H15N3O7S/c1-3-26-15(21)9-19-11-5-4-10(25-2)8-13(11)28-17(19)18-16(22)12-6-7-14(27-12)20(23)24/h4-8H,3,9H2,1-2H3.